The van der Waals surface area contributed by atoms with E-state index in [0.717, 1.165) is 12.1 Å². The second-order valence-corrected chi connectivity index (χ2v) is 8.27. The van der Waals surface area contributed by atoms with Gasteiger partial charge in [-0.2, -0.15) is 4.72 Å². The van der Waals surface area contributed by atoms with E-state index in [-0.39, 0.29) is 0 Å². The molecule has 28 heavy (non-hydrogen) atoms. The quantitative estimate of drug-likeness (QED) is 0.300. The van der Waals surface area contributed by atoms with E-state index >= 15 is 0 Å². The number of nitro benzene ring substituents is 1. The first kappa shape index (κ1) is 21.8. The number of alkyl halides is 1. The zero-order chi connectivity index (χ0) is 20.9. The van der Waals surface area contributed by atoms with Gasteiger partial charge >= 0.3 is 5.97 Å². The van der Waals surface area contributed by atoms with Crippen molar-refractivity contribution in [3.8, 4) is 0 Å². The Balaban J connectivity index is 2.44. The molecule has 2 aromatic carbocycles. The number of halogens is 1. The van der Waals surface area contributed by atoms with Crippen LogP contribution in [0.4, 0.5) is 5.69 Å². The summed E-state index contributed by atoms with van der Waals surface area (Å²) in [6, 6.07) is 11.7. The fourth-order valence-electron chi connectivity index (χ4n) is 2.43. The lowest BCUT2D eigenvalue weighted by Gasteiger charge is -2.23. The highest BCUT2D eigenvalue weighted by molar-refractivity contribution is 7.89. The molecule has 0 bridgehead atoms. The van der Waals surface area contributed by atoms with Gasteiger partial charge in [-0.3, -0.25) is 14.9 Å². The molecule has 150 valence electrons. The molecular weight excluding hydrogens is 408 g/mol. The average Bonchev–Trinajstić information content (AvgIpc) is 2.65. The predicted molar refractivity (Wildman–Crippen MR) is 103 cm³/mol. The molecule has 1 N–H and O–H groups in total. The van der Waals surface area contributed by atoms with Gasteiger partial charge in [0.05, 0.1) is 16.4 Å². The van der Waals surface area contributed by atoms with Gasteiger partial charge in [0.1, 0.15) is 6.04 Å². The Bertz CT molecular complexity index is 950. The van der Waals surface area contributed by atoms with Gasteiger partial charge in [-0.1, -0.05) is 42.5 Å². The molecule has 0 radical (unpaired) electrons. The maximum Gasteiger partial charge on any atom is 0.326 e. The molecule has 2 rings (SSSR count). The Labute approximate surface area is 167 Å². The van der Waals surface area contributed by atoms with E-state index in [4.69, 9.17) is 16.3 Å². The van der Waals surface area contributed by atoms with Crippen molar-refractivity contribution >= 4 is 33.3 Å². The number of nitro groups is 1. The summed E-state index contributed by atoms with van der Waals surface area (Å²) < 4.78 is 32.9. The molecule has 0 heterocycles. The number of para-hydroxylation sites is 1. The Morgan fingerprint density at radius 2 is 1.68 bits per heavy atom. The molecule has 0 saturated heterocycles. The van der Waals surface area contributed by atoms with Crippen LogP contribution in [0.15, 0.2) is 59.5 Å². The second-order valence-electron chi connectivity index (χ2n) is 6.12. The van der Waals surface area contributed by atoms with Crippen LogP contribution in [0.2, 0.25) is 0 Å². The van der Waals surface area contributed by atoms with Crippen LogP contribution in [0.25, 0.3) is 0 Å². The van der Waals surface area contributed by atoms with E-state index in [1.807, 2.05) is 0 Å². The maximum atomic E-state index is 12.8. The summed E-state index contributed by atoms with van der Waals surface area (Å²) in [6.07, 6.45) is -0.509. The average molecular weight is 427 g/mol. The van der Waals surface area contributed by atoms with Crippen LogP contribution in [0.5, 0.6) is 0 Å². The SMILES string of the molecule is CC(C)OC(=O)[C@@H](NS(=O)(=O)c1ccccc1[N+](=O)[O-])[C@@H](Cl)c1ccccc1. The number of nitrogens with one attached hydrogen (secondary N) is 1. The minimum absolute atomic E-state index is 0.486. The molecular formula is C18H19ClN2O6S. The van der Waals surface area contributed by atoms with Crippen molar-refractivity contribution in [2.75, 3.05) is 0 Å². The predicted octanol–water partition coefficient (Wildman–Crippen LogP) is 3.17. The lowest BCUT2D eigenvalue weighted by atomic mass is 10.1. The molecule has 0 spiro atoms. The van der Waals surface area contributed by atoms with Crippen LogP contribution in [0, 0.1) is 10.1 Å². The number of sulfonamides is 1. The summed E-state index contributed by atoms with van der Waals surface area (Å²) in [4.78, 5) is 22.3. The van der Waals surface area contributed by atoms with Crippen molar-refractivity contribution in [1.29, 1.82) is 0 Å². The van der Waals surface area contributed by atoms with E-state index in [9.17, 15) is 23.3 Å². The smallest absolute Gasteiger partial charge is 0.326 e. The minimum Gasteiger partial charge on any atom is -0.462 e. The topological polar surface area (TPSA) is 116 Å². The van der Waals surface area contributed by atoms with Crippen LogP contribution in [0.1, 0.15) is 24.8 Å². The molecule has 0 aliphatic carbocycles. The van der Waals surface area contributed by atoms with Crippen molar-refractivity contribution in [2.24, 2.45) is 0 Å². The monoisotopic (exact) mass is 426 g/mol. The first-order valence-electron chi connectivity index (χ1n) is 8.28. The van der Waals surface area contributed by atoms with Crippen LogP contribution in [0.3, 0.4) is 0 Å². The van der Waals surface area contributed by atoms with Gasteiger partial charge in [0, 0.05) is 6.07 Å². The van der Waals surface area contributed by atoms with E-state index < -0.39 is 49.0 Å². The summed E-state index contributed by atoms with van der Waals surface area (Å²) in [5.41, 5.74) is -0.128. The number of nitrogens with zero attached hydrogens (tertiary/aromatic N) is 1. The van der Waals surface area contributed by atoms with Crippen LogP contribution < -0.4 is 4.72 Å². The summed E-state index contributed by atoms with van der Waals surface area (Å²) in [5, 5.41) is 10.1. The van der Waals surface area contributed by atoms with E-state index in [1.54, 1.807) is 44.2 Å². The Hall–Kier alpha value is -2.49. The van der Waals surface area contributed by atoms with Gasteiger partial charge in [-0.05, 0) is 25.5 Å². The first-order valence-corrected chi connectivity index (χ1v) is 10.2. The normalized spacial score (nSPS) is 13.7. The number of esters is 1. The molecule has 10 heteroatoms. The van der Waals surface area contributed by atoms with Crippen LogP contribution in [-0.2, 0) is 19.6 Å². The molecule has 8 nitrogen and oxygen atoms in total. The van der Waals surface area contributed by atoms with Crippen LogP contribution in [-0.4, -0.2) is 31.5 Å². The van der Waals surface area contributed by atoms with Crippen molar-refractivity contribution < 1.29 is 22.9 Å². The van der Waals surface area contributed by atoms with E-state index in [2.05, 4.69) is 4.72 Å². The van der Waals surface area contributed by atoms with Crippen molar-refractivity contribution in [2.45, 2.75) is 36.3 Å². The van der Waals surface area contributed by atoms with Gasteiger partial charge in [-0.25, -0.2) is 8.42 Å². The maximum absolute atomic E-state index is 12.8. The fourth-order valence-corrected chi connectivity index (χ4v) is 4.18. The van der Waals surface area contributed by atoms with Gasteiger partial charge in [0.2, 0.25) is 10.0 Å². The zero-order valence-corrected chi connectivity index (χ0v) is 16.7. The molecule has 0 amide bonds. The molecule has 0 aromatic heterocycles. The minimum atomic E-state index is -4.45. The molecule has 0 fully saturated rings. The zero-order valence-electron chi connectivity index (χ0n) is 15.1. The Kier molecular flexibility index (Phi) is 7.11. The van der Waals surface area contributed by atoms with E-state index in [1.165, 1.54) is 12.1 Å². The summed E-state index contributed by atoms with van der Waals surface area (Å²) in [5.74, 6) is -0.888. The van der Waals surface area contributed by atoms with Gasteiger partial charge in [0.15, 0.2) is 4.90 Å². The number of rotatable bonds is 8. The fraction of sp³-hybridized carbons (Fsp3) is 0.278. The number of hydrogen-bond acceptors (Lipinski definition) is 6. The van der Waals surface area contributed by atoms with Crippen molar-refractivity contribution in [3.63, 3.8) is 0 Å². The molecule has 0 saturated carbocycles. The van der Waals surface area contributed by atoms with Gasteiger partial charge < -0.3 is 4.74 Å². The molecule has 2 atom stereocenters. The molecule has 0 aliphatic rings. The standard InChI is InChI=1S/C18H19ClN2O6S/c1-12(2)27-18(22)17(16(19)13-8-4-3-5-9-13)20-28(25,26)15-11-7-6-10-14(15)21(23)24/h3-12,16-17,20H,1-2H3/t16-,17-/m0/s1. The highest BCUT2D eigenvalue weighted by Gasteiger charge is 2.36. The molecule has 0 unspecified atom stereocenters. The highest BCUT2D eigenvalue weighted by Crippen LogP contribution is 2.28. The Morgan fingerprint density at radius 1 is 1.11 bits per heavy atom. The molecule has 2 aromatic rings. The second kappa shape index (κ2) is 9.13. The summed E-state index contributed by atoms with van der Waals surface area (Å²) in [6.45, 7) is 3.22. The third kappa shape index (κ3) is 5.28. The third-order valence-electron chi connectivity index (χ3n) is 3.65. The largest absolute Gasteiger partial charge is 0.462 e. The lowest BCUT2D eigenvalue weighted by molar-refractivity contribution is -0.387. The van der Waals surface area contributed by atoms with Crippen LogP contribution >= 0.6 is 11.6 Å². The lowest BCUT2D eigenvalue weighted by Crippen LogP contribution is -2.45. The number of hydrogen-bond donors (Lipinski definition) is 1. The van der Waals surface area contributed by atoms with Crippen molar-refractivity contribution in [3.05, 3.63) is 70.3 Å². The van der Waals surface area contributed by atoms with Crippen molar-refractivity contribution in [1.82, 2.24) is 4.72 Å². The Morgan fingerprint density at radius 3 is 2.25 bits per heavy atom. The third-order valence-corrected chi connectivity index (χ3v) is 5.64. The summed E-state index contributed by atoms with van der Waals surface area (Å²) >= 11 is 6.38. The number of ether oxygens (including phenoxy) is 1. The number of carbonyl (C=O) groups is 1. The van der Waals surface area contributed by atoms with Gasteiger partial charge in [0.25, 0.3) is 5.69 Å². The molecule has 0 aliphatic heterocycles. The number of carbonyl (C=O) groups excluding carboxylic acids is 1. The number of benzene rings is 2. The van der Waals surface area contributed by atoms with E-state index in [0.29, 0.717) is 5.56 Å². The summed E-state index contributed by atoms with van der Waals surface area (Å²) in [7, 11) is -4.45. The van der Waals surface area contributed by atoms with Gasteiger partial charge in [-0.15, -0.1) is 11.6 Å². The highest BCUT2D eigenvalue weighted by atomic mass is 35.5. The first-order chi connectivity index (χ1) is 13.1.